The van der Waals surface area contributed by atoms with Gasteiger partial charge in [-0.2, -0.15) is 0 Å². The lowest BCUT2D eigenvalue weighted by molar-refractivity contribution is -0.384. The van der Waals surface area contributed by atoms with Crippen molar-refractivity contribution in [2.24, 2.45) is 0 Å². The molecule has 0 bridgehead atoms. The molecule has 0 aliphatic carbocycles. The topological polar surface area (TPSA) is 114 Å². The van der Waals surface area contributed by atoms with Crippen LogP contribution in [0.25, 0.3) is 0 Å². The fraction of sp³-hybridized carbons (Fsp3) is 0.167. The normalized spacial score (nSPS) is 10.2. The van der Waals surface area contributed by atoms with Gasteiger partial charge in [-0.15, -0.1) is 11.3 Å². The lowest BCUT2D eigenvalue weighted by Gasteiger charge is -2.05. The fourth-order valence-corrected chi connectivity index (χ4v) is 2.56. The third-order valence-electron chi connectivity index (χ3n) is 2.71. The molecular formula is C12H11N3O5S. The van der Waals surface area contributed by atoms with Crippen LogP contribution in [0.5, 0.6) is 0 Å². The van der Waals surface area contributed by atoms with E-state index in [1.165, 1.54) is 7.11 Å². The summed E-state index contributed by atoms with van der Waals surface area (Å²) < 4.78 is 4.64. The van der Waals surface area contributed by atoms with Crippen LogP contribution >= 0.6 is 11.3 Å². The summed E-state index contributed by atoms with van der Waals surface area (Å²) in [4.78, 5) is 36.4. The van der Waals surface area contributed by atoms with Gasteiger partial charge >= 0.3 is 5.97 Å². The van der Waals surface area contributed by atoms with Gasteiger partial charge in [0.1, 0.15) is 10.6 Å². The highest BCUT2D eigenvalue weighted by Crippen LogP contribution is 2.28. The molecule has 0 spiro atoms. The summed E-state index contributed by atoms with van der Waals surface area (Å²) in [5, 5.41) is 14.9. The maximum absolute atomic E-state index is 12.1. The summed E-state index contributed by atoms with van der Waals surface area (Å²) >= 11 is 1.15. The Labute approximate surface area is 122 Å². The van der Waals surface area contributed by atoms with Gasteiger partial charge in [0.05, 0.1) is 23.9 Å². The molecule has 2 rings (SSSR count). The van der Waals surface area contributed by atoms with Gasteiger partial charge in [-0.1, -0.05) is 0 Å². The number of amides is 1. The number of carbonyl (C=O) groups is 2. The van der Waals surface area contributed by atoms with E-state index in [1.807, 2.05) is 0 Å². The van der Waals surface area contributed by atoms with Crippen LogP contribution in [0, 0.1) is 17.0 Å². The van der Waals surface area contributed by atoms with Crippen molar-refractivity contribution in [3.8, 4) is 0 Å². The fourth-order valence-electron chi connectivity index (χ4n) is 1.64. The van der Waals surface area contributed by atoms with Crippen molar-refractivity contribution in [3.05, 3.63) is 43.9 Å². The average molecular weight is 309 g/mol. The number of thiophene rings is 1. The van der Waals surface area contributed by atoms with Gasteiger partial charge in [0.25, 0.3) is 11.6 Å². The summed E-state index contributed by atoms with van der Waals surface area (Å²) in [5.74, 6) is -1.13. The van der Waals surface area contributed by atoms with Crippen LogP contribution in [-0.2, 0) is 4.74 Å². The molecule has 0 radical (unpaired) electrons. The van der Waals surface area contributed by atoms with Crippen molar-refractivity contribution in [1.29, 1.82) is 0 Å². The van der Waals surface area contributed by atoms with Crippen molar-refractivity contribution in [2.45, 2.75) is 6.92 Å². The van der Waals surface area contributed by atoms with Gasteiger partial charge in [-0.05, 0) is 17.9 Å². The highest BCUT2D eigenvalue weighted by atomic mass is 32.1. The van der Waals surface area contributed by atoms with Crippen molar-refractivity contribution in [2.75, 3.05) is 12.4 Å². The Bertz CT molecular complexity index is 718. The number of rotatable bonds is 4. The zero-order valence-electron chi connectivity index (χ0n) is 11.1. The second kappa shape index (κ2) is 5.75. The molecule has 8 nitrogen and oxygen atoms in total. The Morgan fingerprint density at radius 2 is 2.19 bits per heavy atom. The minimum absolute atomic E-state index is 0.0307. The second-order valence-corrected chi connectivity index (χ2v) is 4.98. The second-order valence-electron chi connectivity index (χ2n) is 4.10. The van der Waals surface area contributed by atoms with Gasteiger partial charge in [0.15, 0.2) is 0 Å². The van der Waals surface area contributed by atoms with Crippen LogP contribution < -0.4 is 5.32 Å². The maximum atomic E-state index is 12.1. The minimum atomic E-state index is -0.608. The monoisotopic (exact) mass is 309 g/mol. The number of hydrogen-bond donors (Lipinski definition) is 2. The number of hydrogen-bond acceptors (Lipinski definition) is 6. The highest BCUT2D eigenvalue weighted by molar-refractivity contribution is 7.12. The number of nitrogens with one attached hydrogen (secondary N) is 2. The highest BCUT2D eigenvalue weighted by Gasteiger charge is 2.21. The van der Waals surface area contributed by atoms with Crippen molar-refractivity contribution >= 4 is 34.6 Å². The molecule has 110 valence electrons. The Balaban J connectivity index is 2.25. The Hall–Kier alpha value is -2.68. The summed E-state index contributed by atoms with van der Waals surface area (Å²) in [6, 6.07) is 1.12. The van der Waals surface area contributed by atoms with E-state index in [0.29, 0.717) is 11.3 Å². The zero-order chi connectivity index (χ0) is 15.6. The van der Waals surface area contributed by atoms with Crippen LogP contribution in [0.3, 0.4) is 0 Å². The number of carbonyl (C=O) groups excluding carboxylic acids is 2. The molecule has 2 N–H and O–H groups in total. The number of nitrogens with zero attached hydrogens (tertiary/aromatic N) is 1. The molecule has 0 fully saturated rings. The number of anilines is 1. The summed E-state index contributed by atoms with van der Waals surface area (Å²) in [5.41, 5.74) is 0.863. The van der Waals surface area contributed by atoms with Crippen LogP contribution in [-0.4, -0.2) is 28.9 Å². The Morgan fingerprint density at radius 1 is 1.48 bits per heavy atom. The molecule has 9 heteroatoms. The number of aromatic amines is 1. The van der Waals surface area contributed by atoms with Crippen molar-refractivity contribution in [3.63, 3.8) is 0 Å². The number of ether oxygens (including phenoxy) is 1. The smallest absolute Gasteiger partial charge is 0.350 e. The first-order valence-electron chi connectivity index (χ1n) is 5.74. The molecule has 0 saturated carbocycles. The maximum Gasteiger partial charge on any atom is 0.350 e. The third-order valence-corrected chi connectivity index (χ3v) is 3.79. The summed E-state index contributed by atoms with van der Waals surface area (Å²) in [6.07, 6.45) is 1.12. The lowest BCUT2D eigenvalue weighted by Crippen LogP contribution is -2.15. The van der Waals surface area contributed by atoms with E-state index < -0.39 is 16.8 Å². The number of methoxy groups -OCH3 is 1. The van der Waals surface area contributed by atoms with Crippen LogP contribution in [0.2, 0.25) is 0 Å². The first kappa shape index (κ1) is 14.7. The molecule has 2 heterocycles. The van der Waals surface area contributed by atoms with Gasteiger partial charge in [0, 0.05) is 6.07 Å². The van der Waals surface area contributed by atoms with Crippen LogP contribution in [0.1, 0.15) is 25.7 Å². The minimum Gasteiger partial charge on any atom is -0.465 e. The van der Waals surface area contributed by atoms with E-state index in [2.05, 4.69) is 15.0 Å². The van der Waals surface area contributed by atoms with E-state index in [9.17, 15) is 19.7 Å². The Morgan fingerprint density at radius 3 is 2.76 bits per heavy atom. The zero-order valence-corrected chi connectivity index (χ0v) is 11.9. The van der Waals surface area contributed by atoms with E-state index in [0.717, 1.165) is 23.6 Å². The van der Waals surface area contributed by atoms with Crippen molar-refractivity contribution < 1.29 is 19.2 Å². The molecular weight excluding hydrogens is 298 g/mol. The van der Waals surface area contributed by atoms with Gasteiger partial charge in [-0.25, -0.2) is 4.79 Å². The molecule has 21 heavy (non-hydrogen) atoms. The molecule has 2 aromatic rings. The molecule has 0 aromatic carbocycles. The third kappa shape index (κ3) is 2.92. The predicted octanol–water partition coefficient (Wildman–Crippen LogP) is 2.33. The predicted molar refractivity (Wildman–Crippen MR) is 75.8 cm³/mol. The molecule has 0 atom stereocenters. The van der Waals surface area contributed by atoms with Crippen molar-refractivity contribution in [1.82, 2.24) is 4.98 Å². The molecule has 0 aliphatic heterocycles. The number of esters is 1. The largest absolute Gasteiger partial charge is 0.465 e. The van der Waals surface area contributed by atoms with Gasteiger partial charge in [-0.3, -0.25) is 14.9 Å². The molecule has 0 saturated heterocycles. The van der Waals surface area contributed by atoms with E-state index >= 15 is 0 Å². The first-order valence-corrected chi connectivity index (χ1v) is 6.62. The number of H-pyrrole nitrogens is 1. The molecule has 1 amide bonds. The number of aryl methyl sites for hydroxylation is 1. The molecule has 0 unspecified atom stereocenters. The van der Waals surface area contributed by atoms with Gasteiger partial charge < -0.3 is 15.0 Å². The van der Waals surface area contributed by atoms with Crippen LogP contribution in [0.4, 0.5) is 11.4 Å². The summed E-state index contributed by atoms with van der Waals surface area (Å²) in [6.45, 7) is 1.73. The van der Waals surface area contributed by atoms with E-state index in [-0.39, 0.29) is 16.3 Å². The van der Waals surface area contributed by atoms with Crippen LogP contribution in [0.15, 0.2) is 17.6 Å². The van der Waals surface area contributed by atoms with Gasteiger partial charge in [0.2, 0.25) is 0 Å². The quantitative estimate of drug-likeness (QED) is 0.511. The average Bonchev–Trinajstić information content (AvgIpc) is 3.06. The first-order chi connectivity index (χ1) is 9.93. The lowest BCUT2D eigenvalue weighted by atomic mass is 10.2. The molecule has 2 aromatic heterocycles. The SMILES string of the molecule is COC(=O)c1scc(C)c1NC(=O)c1cc([N+](=O)[O-])c[nH]1. The van der Waals surface area contributed by atoms with E-state index in [1.54, 1.807) is 12.3 Å². The number of nitro groups is 1. The summed E-state index contributed by atoms with van der Waals surface area (Å²) in [7, 11) is 1.25. The van der Waals surface area contributed by atoms with E-state index in [4.69, 9.17) is 0 Å². The Kier molecular flexibility index (Phi) is 4.03. The molecule has 0 aliphatic rings. The number of aromatic nitrogens is 1. The standard InChI is InChI=1S/C12H11N3O5S/c1-6-5-21-10(12(17)20-2)9(6)14-11(16)8-3-7(4-13-8)15(18)19/h3-5,13H,1-2H3,(H,14,16).